The van der Waals surface area contributed by atoms with Crippen LogP contribution in [0.15, 0.2) is 42.5 Å². The van der Waals surface area contributed by atoms with E-state index in [1.807, 2.05) is 32.0 Å². The summed E-state index contributed by atoms with van der Waals surface area (Å²) in [7, 11) is 0. The second kappa shape index (κ2) is 8.24. The van der Waals surface area contributed by atoms with Crippen molar-refractivity contribution in [3.8, 4) is 5.75 Å². The number of thiazole rings is 1. The van der Waals surface area contributed by atoms with Crippen LogP contribution in [0.4, 0.5) is 18.9 Å². The van der Waals surface area contributed by atoms with Crippen molar-refractivity contribution >= 4 is 22.9 Å². The molecule has 0 atom stereocenters. The maximum absolute atomic E-state index is 12.8. The molecule has 0 radical (unpaired) electrons. The lowest BCUT2D eigenvalue weighted by Gasteiger charge is -2.09. The van der Waals surface area contributed by atoms with Gasteiger partial charge in [-0.1, -0.05) is 18.2 Å². The van der Waals surface area contributed by atoms with Gasteiger partial charge in [-0.05, 0) is 56.2 Å². The van der Waals surface area contributed by atoms with Crippen molar-refractivity contribution in [1.29, 1.82) is 0 Å². The Morgan fingerprint density at radius 3 is 2.62 bits per heavy atom. The summed E-state index contributed by atoms with van der Waals surface area (Å²) < 4.78 is 44.3. The molecule has 0 unspecified atom stereocenters. The molecule has 152 valence electrons. The molecule has 0 aliphatic rings. The van der Waals surface area contributed by atoms with Crippen LogP contribution in [0.2, 0.25) is 0 Å². The fourth-order valence-electron chi connectivity index (χ4n) is 2.69. The lowest BCUT2D eigenvalue weighted by Crippen LogP contribution is -2.13. The number of hydrogen-bond acceptors (Lipinski definition) is 4. The Balaban J connectivity index is 1.71. The summed E-state index contributed by atoms with van der Waals surface area (Å²) in [5.74, 6) is 0.241. The van der Waals surface area contributed by atoms with Gasteiger partial charge in [0.15, 0.2) is 0 Å². The molecule has 0 saturated carbocycles. The molecule has 0 bridgehead atoms. The van der Waals surface area contributed by atoms with Gasteiger partial charge in [0.1, 0.15) is 22.2 Å². The van der Waals surface area contributed by atoms with Gasteiger partial charge in [0.05, 0.1) is 11.3 Å². The number of anilines is 1. The van der Waals surface area contributed by atoms with E-state index in [-0.39, 0.29) is 12.3 Å². The number of rotatable bonds is 5. The van der Waals surface area contributed by atoms with Crippen LogP contribution >= 0.6 is 11.3 Å². The molecule has 1 amide bonds. The van der Waals surface area contributed by atoms with Crippen LogP contribution in [0.1, 0.15) is 37.1 Å². The zero-order valence-electron chi connectivity index (χ0n) is 16.1. The van der Waals surface area contributed by atoms with Gasteiger partial charge in [-0.25, -0.2) is 4.98 Å². The van der Waals surface area contributed by atoms with Crippen molar-refractivity contribution in [3.63, 3.8) is 0 Å². The van der Waals surface area contributed by atoms with E-state index in [9.17, 15) is 18.0 Å². The Labute approximate surface area is 170 Å². The molecule has 1 aromatic heterocycles. The first-order valence-electron chi connectivity index (χ1n) is 8.78. The maximum Gasteiger partial charge on any atom is 0.416 e. The molecule has 4 nitrogen and oxygen atoms in total. The van der Waals surface area contributed by atoms with Crippen molar-refractivity contribution in [3.05, 3.63) is 74.7 Å². The second-order valence-electron chi connectivity index (χ2n) is 6.61. The number of nitrogens with one attached hydrogen (secondary N) is 1. The highest BCUT2D eigenvalue weighted by Crippen LogP contribution is 2.31. The fraction of sp³-hybridized carbons (Fsp3) is 0.238. The minimum Gasteiger partial charge on any atom is -0.486 e. The molecule has 1 heterocycles. The van der Waals surface area contributed by atoms with E-state index in [0.29, 0.717) is 15.6 Å². The topological polar surface area (TPSA) is 51.2 Å². The van der Waals surface area contributed by atoms with Crippen LogP contribution in [0.25, 0.3) is 0 Å². The summed E-state index contributed by atoms with van der Waals surface area (Å²) in [5.41, 5.74) is 1.82. The molecule has 0 aliphatic carbocycles. The molecule has 3 aromatic rings. The van der Waals surface area contributed by atoms with Crippen LogP contribution < -0.4 is 10.1 Å². The van der Waals surface area contributed by atoms with Gasteiger partial charge in [0.25, 0.3) is 5.91 Å². The van der Waals surface area contributed by atoms with Crippen LogP contribution in [-0.2, 0) is 12.8 Å². The molecular formula is C21H19F3N2O2S. The summed E-state index contributed by atoms with van der Waals surface area (Å²) in [6.07, 6.45) is -4.47. The minimum absolute atomic E-state index is 0.0748. The Hall–Kier alpha value is -2.87. The molecule has 2 aromatic carbocycles. The normalized spacial score (nSPS) is 11.4. The molecule has 1 N–H and O–H groups in total. The predicted octanol–water partition coefficient (Wildman–Crippen LogP) is 5.92. The third-order valence-electron chi connectivity index (χ3n) is 4.19. The molecule has 0 aliphatic heterocycles. The lowest BCUT2D eigenvalue weighted by molar-refractivity contribution is -0.137. The molecule has 0 spiro atoms. The average molecular weight is 420 g/mol. The van der Waals surface area contributed by atoms with Crippen LogP contribution in [0.3, 0.4) is 0 Å². The van der Waals surface area contributed by atoms with E-state index in [1.165, 1.54) is 12.1 Å². The number of halogens is 3. The highest BCUT2D eigenvalue weighted by molar-refractivity contribution is 7.13. The summed E-state index contributed by atoms with van der Waals surface area (Å²) in [4.78, 5) is 17.2. The van der Waals surface area contributed by atoms with Crippen molar-refractivity contribution < 1.29 is 22.7 Å². The quantitative estimate of drug-likeness (QED) is 0.558. The smallest absolute Gasteiger partial charge is 0.416 e. The summed E-state index contributed by atoms with van der Waals surface area (Å²) in [6.45, 7) is 5.79. The maximum atomic E-state index is 12.8. The van der Waals surface area contributed by atoms with Gasteiger partial charge in [0, 0.05) is 5.69 Å². The summed E-state index contributed by atoms with van der Waals surface area (Å²) in [5, 5.41) is 3.11. The first-order chi connectivity index (χ1) is 13.6. The SMILES string of the molecule is Cc1ccc(C)c(OCc2nc(C)c(C(=O)Nc3cccc(C(F)(F)F)c3)s2)c1. The molecule has 0 fully saturated rings. The number of aromatic nitrogens is 1. The molecule has 29 heavy (non-hydrogen) atoms. The number of aryl methyl sites for hydroxylation is 3. The Morgan fingerprint density at radius 2 is 1.90 bits per heavy atom. The highest BCUT2D eigenvalue weighted by Gasteiger charge is 2.30. The van der Waals surface area contributed by atoms with Gasteiger partial charge >= 0.3 is 6.18 Å². The zero-order chi connectivity index (χ0) is 21.2. The number of amides is 1. The Kier molecular flexibility index (Phi) is 5.93. The Bertz CT molecular complexity index is 1040. The van der Waals surface area contributed by atoms with Crippen LogP contribution in [-0.4, -0.2) is 10.9 Å². The number of benzene rings is 2. The van der Waals surface area contributed by atoms with E-state index in [0.717, 1.165) is 40.3 Å². The first kappa shape index (κ1) is 20.9. The molecule has 0 saturated heterocycles. The van der Waals surface area contributed by atoms with Gasteiger partial charge < -0.3 is 10.1 Å². The second-order valence-corrected chi connectivity index (χ2v) is 7.70. The minimum atomic E-state index is -4.47. The lowest BCUT2D eigenvalue weighted by atomic mass is 10.1. The third-order valence-corrected chi connectivity index (χ3v) is 5.32. The van der Waals surface area contributed by atoms with E-state index >= 15 is 0 Å². The number of nitrogens with zero attached hydrogens (tertiary/aromatic N) is 1. The number of hydrogen-bond donors (Lipinski definition) is 1. The first-order valence-corrected chi connectivity index (χ1v) is 9.60. The van der Waals surface area contributed by atoms with E-state index < -0.39 is 17.6 Å². The van der Waals surface area contributed by atoms with Crippen molar-refractivity contribution in [2.75, 3.05) is 5.32 Å². The average Bonchev–Trinajstić information content (AvgIpc) is 3.03. The molecule has 3 rings (SSSR count). The van der Waals surface area contributed by atoms with Crippen LogP contribution in [0.5, 0.6) is 5.75 Å². The third kappa shape index (κ3) is 5.14. The van der Waals surface area contributed by atoms with Crippen LogP contribution in [0, 0.1) is 20.8 Å². The van der Waals surface area contributed by atoms with E-state index in [4.69, 9.17) is 4.74 Å². The van der Waals surface area contributed by atoms with Crippen molar-refractivity contribution in [2.24, 2.45) is 0 Å². The summed E-state index contributed by atoms with van der Waals surface area (Å²) in [6, 6.07) is 10.4. The number of alkyl halides is 3. The van der Waals surface area contributed by atoms with Gasteiger partial charge in [-0.2, -0.15) is 13.2 Å². The van der Waals surface area contributed by atoms with Crippen molar-refractivity contribution in [1.82, 2.24) is 4.98 Å². The standard InChI is InChI=1S/C21H19F3N2O2S/c1-12-7-8-13(2)17(9-12)28-11-18-25-14(3)19(29-18)20(27)26-16-6-4-5-15(10-16)21(22,23)24/h4-10H,11H2,1-3H3,(H,26,27). The number of ether oxygens (including phenoxy) is 1. The Morgan fingerprint density at radius 1 is 1.14 bits per heavy atom. The highest BCUT2D eigenvalue weighted by atomic mass is 32.1. The fourth-order valence-corrected chi connectivity index (χ4v) is 3.56. The largest absolute Gasteiger partial charge is 0.486 e. The predicted molar refractivity (Wildman–Crippen MR) is 106 cm³/mol. The number of carbonyl (C=O) groups excluding carboxylic acids is 1. The summed E-state index contributed by atoms with van der Waals surface area (Å²) >= 11 is 1.16. The monoisotopic (exact) mass is 420 g/mol. The van der Waals surface area contributed by atoms with Crippen molar-refractivity contribution in [2.45, 2.75) is 33.6 Å². The zero-order valence-corrected chi connectivity index (χ0v) is 16.9. The molecule has 8 heteroatoms. The van der Waals surface area contributed by atoms with E-state index in [1.54, 1.807) is 6.92 Å². The van der Waals surface area contributed by atoms with Gasteiger partial charge in [-0.3, -0.25) is 4.79 Å². The number of carbonyl (C=O) groups is 1. The van der Waals surface area contributed by atoms with E-state index in [2.05, 4.69) is 10.3 Å². The van der Waals surface area contributed by atoms with Gasteiger partial charge in [-0.15, -0.1) is 11.3 Å². The van der Waals surface area contributed by atoms with Gasteiger partial charge in [0.2, 0.25) is 0 Å². The molecular weight excluding hydrogens is 401 g/mol.